The number of hydrogen-bond donors (Lipinski definition) is 2. The minimum atomic E-state index is -0.832. The summed E-state index contributed by atoms with van der Waals surface area (Å²) in [5, 5.41) is 13.4. The molecule has 0 unspecified atom stereocenters. The molecular formula is C10H12N2O3S. The average molecular weight is 240 g/mol. The van der Waals surface area contributed by atoms with E-state index in [0.717, 1.165) is 12.8 Å². The molecule has 0 bridgehead atoms. The summed E-state index contributed by atoms with van der Waals surface area (Å²) in [5.74, 6) is -1.57. The van der Waals surface area contributed by atoms with Crippen molar-refractivity contribution in [2.45, 2.75) is 25.3 Å². The van der Waals surface area contributed by atoms with Gasteiger partial charge in [-0.25, -0.2) is 4.98 Å². The molecule has 1 fully saturated rings. The predicted molar refractivity (Wildman–Crippen MR) is 58.3 cm³/mol. The lowest BCUT2D eigenvalue weighted by Gasteiger charge is -2.16. The van der Waals surface area contributed by atoms with Crippen LogP contribution in [0.15, 0.2) is 10.9 Å². The van der Waals surface area contributed by atoms with E-state index in [1.807, 2.05) is 0 Å². The van der Waals surface area contributed by atoms with Crippen molar-refractivity contribution in [1.29, 1.82) is 0 Å². The minimum Gasteiger partial charge on any atom is -0.481 e. The van der Waals surface area contributed by atoms with Crippen LogP contribution in [0.2, 0.25) is 0 Å². The Kier molecular flexibility index (Phi) is 3.19. The number of carbonyl (C=O) groups excluding carboxylic acids is 1. The lowest BCUT2D eigenvalue weighted by Crippen LogP contribution is -2.40. The molecule has 0 aliphatic heterocycles. The fourth-order valence-corrected chi connectivity index (χ4v) is 2.53. The van der Waals surface area contributed by atoms with E-state index < -0.39 is 11.9 Å². The van der Waals surface area contributed by atoms with E-state index in [9.17, 15) is 9.59 Å². The van der Waals surface area contributed by atoms with Gasteiger partial charge < -0.3 is 10.4 Å². The normalized spacial score (nSPS) is 24.2. The van der Waals surface area contributed by atoms with Crippen molar-refractivity contribution in [2.24, 2.45) is 5.92 Å². The van der Waals surface area contributed by atoms with Gasteiger partial charge in [0.15, 0.2) is 0 Å². The third kappa shape index (κ3) is 2.21. The Balaban J connectivity index is 1.99. The lowest BCUT2D eigenvalue weighted by molar-refractivity contribution is -0.142. The van der Waals surface area contributed by atoms with Gasteiger partial charge >= 0.3 is 5.97 Å². The molecule has 1 saturated carbocycles. The van der Waals surface area contributed by atoms with Crippen LogP contribution in [0.5, 0.6) is 0 Å². The fourth-order valence-electron chi connectivity index (χ4n) is 2.00. The third-order valence-corrected chi connectivity index (χ3v) is 3.40. The van der Waals surface area contributed by atoms with Crippen LogP contribution in [0.25, 0.3) is 0 Å². The number of carboxylic acid groups (broad SMARTS) is 1. The molecule has 1 amide bonds. The zero-order valence-electron chi connectivity index (χ0n) is 8.55. The highest BCUT2D eigenvalue weighted by Gasteiger charge is 2.34. The second-order valence-corrected chi connectivity index (χ2v) is 4.55. The van der Waals surface area contributed by atoms with Crippen LogP contribution in [-0.2, 0) is 4.79 Å². The Morgan fingerprint density at radius 3 is 2.94 bits per heavy atom. The van der Waals surface area contributed by atoms with Crippen LogP contribution in [0.1, 0.15) is 29.8 Å². The maximum atomic E-state index is 11.7. The van der Waals surface area contributed by atoms with Gasteiger partial charge in [0.2, 0.25) is 0 Å². The van der Waals surface area contributed by atoms with Crippen molar-refractivity contribution in [3.63, 3.8) is 0 Å². The number of carboxylic acids is 1. The Hall–Kier alpha value is -1.43. The number of nitrogens with one attached hydrogen (secondary N) is 1. The zero-order valence-corrected chi connectivity index (χ0v) is 9.37. The molecule has 6 heteroatoms. The van der Waals surface area contributed by atoms with E-state index >= 15 is 0 Å². The number of rotatable bonds is 3. The second kappa shape index (κ2) is 4.61. The van der Waals surface area contributed by atoms with Gasteiger partial charge in [-0.2, -0.15) is 0 Å². The van der Waals surface area contributed by atoms with Gasteiger partial charge in [0, 0.05) is 11.4 Å². The number of amides is 1. The highest BCUT2D eigenvalue weighted by molar-refractivity contribution is 7.07. The van der Waals surface area contributed by atoms with E-state index in [1.54, 1.807) is 10.9 Å². The van der Waals surface area contributed by atoms with Crippen LogP contribution in [0.4, 0.5) is 0 Å². The first-order valence-corrected chi connectivity index (χ1v) is 6.04. The number of aromatic nitrogens is 1. The molecule has 1 aliphatic carbocycles. The summed E-state index contributed by atoms with van der Waals surface area (Å²) in [5.41, 5.74) is 1.94. The first-order chi connectivity index (χ1) is 7.68. The van der Waals surface area contributed by atoms with Crippen molar-refractivity contribution in [3.05, 3.63) is 16.6 Å². The van der Waals surface area contributed by atoms with Crippen molar-refractivity contribution >= 4 is 23.2 Å². The van der Waals surface area contributed by atoms with Gasteiger partial charge in [-0.05, 0) is 12.8 Å². The summed E-state index contributed by atoms with van der Waals surface area (Å²) in [7, 11) is 0. The molecule has 1 aromatic rings. The standard InChI is InChI=1S/C10H12N2O3S/c13-9(8-4-16-5-11-8)12-7-3-1-2-6(7)10(14)15/h4-7H,1-3H2,(H,12,13)(H,14,15)/t6-,7+/m1/s1. The molecule has 1 aromatic heterocycles. The lowest BCUT2D eigenvalue weighted by atomic mass is 10.0. The first-order valence-electron chi connectivity index (χ1n) is 5.10. The monoisotopic (exact) mass is 240 g/mol. The van der Waals surface area contributed by atoms with Gasteiger partial charge in [0.1, 0.15) is 5.69 Å². The van der Waals surface area contributed by atoms with Crippen molar-refractivity contribution < 1.29 is 14.7 Å². The molecule has 2 rings (SSSR count). The first kappa shape index (κ1) is 11.1. The maximum absolute atomic E-state index is 11.7. The number of hydrogen-bond acceptors (Lipinski definition) is 4. The summed E-state index contributed by atoms with van der Waals surface area (Å²) in [6.45, 7) is 0. The number of thiazole rings is 1. The molecular weight excluding hydrogens is 228 g/mol. The molecule has 0 radical (unpaired) electrons. The van der Waals surface area contributed by atoms with Crippen molar-refractivity contribution in [3.8, 4) is 0 Å². The number of nitrogens with zero attached hydrogens (tertiary/aromatic N) is 1. The molecule has 2 atom stereocenters. The Morgan fingerprint density at radius 1 is 1.50 bits per heavy atom. The van der Waals surface area contributed by atoms with Gasteiger partial charge in [-0.15, -0.1) is 11.3 Å². The van der Waals surface area contributed by atoms with Crippen LogP contribution in [-0.4, -0.2) is 28.0 Å². The predicted octanol–water partition coefficient (Wildman–Crippen LogP) is 1.13. The van der Waals surface area contributed by atoms with Crippen LogP contribution >= 0.6 is 11.3 Å². The fraction of sp³-hybridized carbons (Fsp3) is 0.500. The summed E-state index contributed by atoms with van der Waals surface area (Å²) in [6.07, 6.45) is 2.21. The van der Waals surface area contributed by atoms with Crippen molar-refractivity contribution in [1.82, 2.24) is 10.3 Å². The summed E-state index contributed by atoms with van der Waals surface area (Å²) < 4.78 is 0. The number of aliphatic carboxylic acids is 1. The molecule has 2 N–H and O–H groups in total. The molecule has 0 spiro atoms. The topological polar surface area (TPSA) is 79.3 Å². The molecule has 0 saturated heterocycles. The summed E-state index contributed by atoms with van der Waals surface area (Å²) >= 11 is 1.34. The van der Waals surface area contributed by atoms with Crippen LogP contribution in [0, 0.1) is 5.92 Å². The van der Waals surface area contributed by atoms with Crippen molar-refractivity contribution in [2.75, 3.05) is 0 Å². The Morgan fingerprint density at radius 2 is 2.31 bits per heavy atom. The average Bonchev–Trinajstić information content (AvgIpc) is 2.86. The minimum absolute atomic E-state index is 0.258. The highest BCUT2D eigenvalue weighted by Crippen LogP contribution is 2.26. The van der Waals surface area contributed by atoms with E-state index in [4.69, 9.17) is 5.11 Å². The molecule has 16 heavy (non-hydrogen) atoms. The van der Waals surface area contributed by atoms with E-state index in [-0.39, 0.29) is 11.9 Å². The zero-order chi connectivity index (χ0) is 11.5. The van der Waals surface area contributed by atoms with Gasteiger partial charge in [-0.3, -0.25) is 9.59 Å². The molecule has 1 heterocycles. The molecule has 86 valence electrons. The van der Waals surface area contributed by atoms with Gasteiger partial charge in [0.25, 0.3) is 5.91 Å². The van der Waals surface area contributed by atoms with Gasteiger partial charge in [0.05, 0.1) is 11.4 Å². The van der Waals surface area contributed by atoms with Crippen LogP contribution in [0.3, 0.4) is 0 Å². The smallest absolute Gasteiger partial charge is 0.308 e. The second-order valence-electron chi connectivity index (χ2n) is 3.83. The Bertz CT molecular complexity index is 391. The highest BCUT2D eigenvalue weighted by atomic mass is 32.1. The van der Waals surface area contributed by atoms with Gasteiger partial charge in [-0.1, -0.05) is 6.42 Å². The largest absolute Gasteiger partial charge is 0.481 e. The van der Waals surface area contributed by atoms with Crippen LogP contribution < -0.4 is 5.32 Å². The number of carbonyl (C=O) groups is 2. The molecule has 1 aliphatic rings. The van der Waals surface area contributed by atoms with E-state index in [0.29, 0.717) is 12.1 Å². The summed E-state index contributed by atoms with van der Waals surface area (Å²) in [6, 6.07) is -0.258. The Labute approximate surface area is 96.5 Å². The maximum Gasteiger partial charge on any atom is 0.308 e. The van der Waals surface area contributed by atoms with E-state index in [2.05, 4.69) is 10.3 Å². The third-order valence-electron chi connectivity index (χ3n) is 2.81. The summed E-state index contributed by atoms with van der Waals surface area (Å²) in [4.78, 5) is 26.5. The molecule has 5 nitrogen and oxygen atoms in total. The molecule has 0 aromatic carbocycles. The SMILES string of the molecule is O=C(N[C@H]1CCC[C@H]1C(=O)O)c1cscn1. The van der Waals surface area contributed by atoms with E-state index in [1.165, 1.54) is 11.3 Å². The quantitative estimate of drug-likeness (QED) is 0.830.